The SMILES string of the molecule is O=C(O)C(Cc1cc(Br)cs1)c1cccc(F)c1. The molecule has 2 nitrogen and oxygen atoms in total. The van der Waals surface area contributed by atoms with Crippen molar-refractivity contribution >= 4 is 33.2 Å². The third-order valence-corrected chi connectivity index (χ3v) is 4.30. The van der Waals surface area contributed by atoms with Gasteiger partial charge in [0.1, 0.15) is 5.82 Å². The van der Waals surface area contributed by atoms with Crippen LogP contribution >= 0.6 is 27.3 Å². The maximum absolute atomic E-state index is 13.1. The fourth-order valence-corrected chi connectivity index (χ4v) is 3.23. The number of carboxylic acid groups (broad SMARTS) is 1. The molecule has 0 fully saturated rings. The lowest BCUT2D eigenvalue weighted by Crippen LogP contribution is -2.14. The van der Waals surface area contributed by atoms with E-state index in [0.29, 0.717) is 12.0 Å². The summed E-state index contributed by atoms with van der Waals surface area (Å²) in [5.41, 5.74) is 0.493. The molecular weight excluding hydrogens is 319 g/mol. The van der Waals surface area contributed by atoms with Crippen molar-refractivity contribution in [3.63, 3.8) is 0 Å². The van der Waals surface area contributed by atoms with E-state index in [1.165, 1.54) is 29.5 Å². The molecule has 0 amide bonds. The number of hydrogen-bond acceptors (Lipinski definition) is 2. The van der Waals surface area contributed by atoms with Gasteiger partial charge in [-0.1, -0.05) is 12.1 Å². The van der Waals surface area contributed by atoms with Crippen LogP contribution in [0, 0.1) is 5.82 Å². The zero-order valence-corrected chi connectivity index (χ0v) is 11.7. The van der Waals surface area contributed by atoms with Crippen LogP contribution in [0.4, 0.5) is 4.39 Å². The molecule has 1 aromatic heterocycles. The van der Waals surface area contributed by atoms with Gasteiger partial charge in [0.15, 0.2) is 0 Å². The summed E-state index contributed by atoms with van der Waals surface area (Å²) < 4.78 is 14.1. The molecule has 1 N–H and O–H groups in total. The minimum absolute atomic E-state index is 0.370. The monoisotopic (exact) mass is 328 g/mol. The second-order valence-corrected chi connectivity index (χ2v) is 5.79. The van der Waals surface area contributed by atoms with E-state index in [-0.39, 0.29) is 0 Å². The minimum atomic E-state index is -0.940. The average molecular weight is 329 g/mol. The highest BCUT2D eigenvalue weighted by molar-refractivity contribution is 9.10. The van der Waals surface area contributed by atoms with E-state index in [1.807, 2.05) is 11.4 Å². The molecule has 1 aromatic carbocycles. The summed E-state index contributed by atoms with van der Waals surface area (Å²) >= 11 is 4.82. The van der Waals surface area contributed by atoms with Crippen molar-refractivity contribution in [2.45, 2.75) is 12.3 Å². The number of aliphatic carboxylic acids is 1. The number of halogens is 2. The Morgan fingerprint density at radius 2 is 2.22 bits per heavy atom. The third kappa shape index (κ3) is 3.17. The summed E-state index contributed by atoms with van der Waals surface area (Å²) in [6.45, 7) is 0. The molecule has 1 heterocycles. The average Bonchev–Trinajstić information content (AvgIpc) is 2.71. The van der Waals surface area contributed by atoms with Crippen molar-refractivity contribution < 1.29 is 14.3 Å². The molecule has 5 heteroatoms. The molecule has 0 saturated heterocycles. The van der Waals surface area contributed by atoms with Crippen molar-refractivity contribution in [1.29, 1.82) is 0 Å². The van der Waals surface area contributed by atoms with Crippen molar-refractivity contribution in [2.75, 3.05) is 0 Å². The van der Waals surface area contributed by atoms with Gasteiger partial charge < -0.3 is 5.11 Å². The van der Waals surface area contributed by atoms with Gasteiger partial charge in [0.2, 0.25) is 0 Å². The predicted octanol–water partition coefficient (Wildman–Crippen LogP) is 4.06. The number of carboxylic acids is 1. The normalized spacial score (nSPS) is 12.3. The van der Waals surface area contributed by atoms with Gasteiger partial charge in [0.25, 0.3) is 0 Å². The molecule has 0 aliphatic rings. The first kappa shape index (κ1) is 13.2. The number of hydrogen-bond donors (Lipinski definition) is 1. The lowest BCUT2D eigenvalue weighted by atomic mass is 9.95. The van der Waals surface area contributed by atoms with Crippen molar-refractivity contribution in [2.24, 2.45) is 0 Å². The second-order valence-electron chi connectivity index (χ2n) is 3.88. The van der Waals surface area contributed by atoms with Gasteiger partial charge in [-0.25, -0.2) is 4.39 Å². The van der Waals surface area contributed by atoms with E-state index in [0.717, 1.165) is 9.35 Å². The van der Waals surface area contributed by atoms with Gasteiger partial charge >= 0.3 is 5.97 Å². The summed E-state index contributed by atoms with van der Waals surface area (Å²) in [6.07, 6.45) is 0.370. The first-order chi connectivity index (χ1) is 8.56. The molecule has 2 rings (SSSR count). The maximum atomic E-state index is 13.1. The number of thiophene rings is 1. The van der Waals surface area contributed by atoms with E-state index in [1.54, 1.807) is 6.07 Å². The van der Waals surface area contributed by atoms with Crippen molar-refractivity contribution in [3.05, 3.63) is 56.4 Å². The quantitative estimate of drug-likeness (QED) is 0.918. The minimum Gasteiger partial charge on any atom is -0.481 e. The Labute approximate surface area is 116 Å². The molecule has 2 aromatic rings. The molecule has 1 unspecified atom stereocenters. The van der Waals surface area contributed by atoms with Crippen LogP contribution in [0.1, 0.15) is 16.4 Å². The molecule has 94 valence electrons. The lowest BCUT2D eigenvalue weighted by molar-refractivity contribution is -0.138. The topological polar surface area (TPSA) is 37.3 Å². The van der Waals surface area contributed by atoms with Crippen LogP contribution in [-0.2, 0) is 11.2 Å². The first-order valence-electron chi connectivity index (χ1n) is 5.27. The smallest absolute Gasteiger partial charge is 0.311 e. The van der Waals surface area contributed by atoms with E-state index in [4.69, 9.17) is 0 Å². The molecule has 18 heavy (non-hydrogen) atoms. The van der Waals surface area contributed by atoms with E-state index in [2.05, 4.69) is 15.9 Å². The molecule has 0 spiro atoms. The van der Waals surface area contributed by atoms with Gasteiger partial charge in [-0.05, 0) is 46.1 Å². The van der Waals surface area contributed by atoms with Gasteiger partial charge in [-0.2, -0.15) is 0 Å². The highest BCUT2D eigenvalue weighted by Gasteiger charge is 2.21. The Hall–Kier alpha value is -1.20. The van der Waals surface area contributed by atoms with Crippen LogP contribution in [0.15, 0.2) is 40.2 Å². The van der Waals surface area contributed by atoms with Crippen LogP contribution in [0.25, 0.3) is 0 Å². The molecule has 0 saturated carbocycles. The Balaban J connectivity index is 2.26. The summed E-state index contributed by atoms with van der Waals surface area (Å²) in [4.78, 5) is 12.2. The molecule has 0 bridgehead atoms. The first-order valence-corrected chi connectivity index (χ1v) is 6.94. The van der Waals surface area contributed by atoms with Gasteiger partial charge in [-0.15, -0.1) is 11.3 Å². The van der Waals surface area contributed by atoms with Gasteiger partial charge in [0, 0.05) is 14.7 Å². The second kappa shape index (κ2) is 5.63. The molecule has 0 radical (unpaired) electrons. The molecule has 0 aliphatic heterocycles. The van der Waals surface area contributed by atoms with E-state index < -0.39 is 17.7 Å². The van der Waals surface area contributed by atoms with Crippen LogP contribution in [-0.4, -0.2) is 11.1 Å². The van der Waals surface area contributed by atoms with E-state index >= 15 is 0 Å². The Kier molecular flexibility index (Phi) is 4.14. The predicted molar refractivity (Wildman–Crippen MR) is 72.5 cm³/mol. The standard InChI is InChI=1S/C13H10BrFO2S/c14-9-5-11(18-7-9)6-12(13(16)17)8-2-1-3-10(15)4-8/h1-5,7,12H,6H2,(H,16,17). The number of benzene rings is 1. The van der Waals surface area contributed by atoms with Crippen LogP contribution in [0.3, 0.4) is 0 Å². The number of rotatable bonds is 4. The summed E-state index contributed by atoms with van der Waals surface area (Å²) in [5.74, 6) is -2.07. The number of carbonyl (C=O) groups is 1. The maximum Gasteiger partial charge on any atom is 0.311 e. The zero-order chi connectivity index (χ0) is 13.1. The molecule has 1 atom stereocenters. The van der Waals surface area contributed by atoms with Crippen LogP contribution in [0.2, 0.25) is 0 Å². The largest absolute Gasteiger partial charge is 0.481 e. The fraction of sp³-hybridized carbons (Fsp3) is 0.154. The van der Waals surface area contributed by atoms with Gasteiger partial charge in [0.05, 0.1) is 5.92 Å². The lowest BCUT2D eigenvalue weighted by Gasteiger charge is -2.11. The summed E-state index contributed by atoms with van der Waals surface area (Å²) in [6, 6.07) is 7.65. The van der Waals surface area contributed by atoms with Gasteiger partial charge in [-0.3, -0.25) is 4.79 Å². The third-order valence-electron chi connectivity index (χ3n) is 2.58. The molecular formula is C13H10BrFO2S. The summed E-state index contributed by atoms with van der Waals surface area (Å²) in [7, 11) is 0. The van der Waals surface area contributed by atoms with Crippen molar-refractivity contribution in [1.82, 2.24) is 0 Å². The van der Waals surface area contributed by atoms with Crippen LogP contribution < -0.4 is 0 Å². The van der Waals surface area contributed by atoms with E-state index in [9.17, 15) is 14.3 Å². The molecule has 0 aliphatic carbocycles. The van der Waals surface area contributed by atoms with Crippen LogP contribution in [0.5, 0.6) is 0 Å². The summed E-state index contributed by atoms with van der Waals surface area (Å²) in [5, 5.41) is 11.2. The van der Waals surface area contributed by atoms with Crippen molar-refractivity contribution in [3.8, 4) is 0 Å². The fourth-order valence-electron chi connectivity index (χ4n) is 1.73. The Morgan fingerprint density at radius 1 is 1.44 bits per heavy atom. The Bertz CT molecular complexity index is 568. The zero-order valence-electron chi connectivity index (χ0n) is 9.27. The Morgan fingerprint density at radius 3 is 2.78 bits per heavy atom. The highest BCUT2D eigenvalue weighted by Crippen LogP contribution is 2.27. The highest BCUT2D eigenvalue weighted by atomic mass is 79.9.